The highest BCUT2D eigenvalue weighted by Gasteiger charge is 2.31. The van der Waals surface area contributed by atoms with Crippen LogP contribution < -0.4 is 9.64 Å². The van der Waals surface area contributed by atoms with E-state index >= 15 is 0 Å². The topological polar surface area (TPSA) is 72.7 Å². The van der Waals surface area contributed by atoms with E-state index in [1.54, 1.807) is 29.2 Å². The molecule has 0 saturated heterocycles. The first-order chi connectivity index (χ1) is 16.1. The van der Waals surface area contributed by atoms with Crippen LogP contribution in [0.4, 0.5) is 11.4 Å². The number of anilines is 1. The molecule has 1 aliphatic rings. The summed E-state index contributed by atoms with van der Waals surface area (Å²) < 4.78 is 5.60. The molecule has 0 radical (unpaired) electrons. The number of benzene rings is 3. The van der Waals surface area contributed by atoms with E-state index in [1.165, 1.54) is 12.1 Å². The standard InChI is InChI=1S/C26H21BrN2O4/c27-16-17-33-22-14-10-20(11-15-22)18-28-25-7-2-1-5-23(25)24(26(28)30)6-3-4-19-8-12-21(13-9-19)29(31)32/h1-15H,16-18H2/b4-3+,24-6+. The van der Waals surface area contributed by atoms with Crippen molar-refractivity contribution in [3.63, 3.8) is 0 Å². The molecular weight excluding hydrogens is 484 g/mol. The van der Waals surface area contributed by atoms with Crippen molar-refractivity contribution < 1.29 is 14.5 Å². The molecule has 0 aliphatic carbocycles. The molecule has 0 bridgehead atoms. The van der Waals surface area contributed by atoms with Gasteiger partial charge in [-0.25, -0.2) is 0 Å². The summed E-state index contributed by atoms with van der Waals surface area (Å²) in [6, 6.07) is 21.8. The molecule has 33 heavy (non-hydrogen) atoms. The number of hydrogen-bond acceptors (Lipinski definition) is 4. The molecule has 6 nitrogen and oxygen atoms in total. The minimum absolute atomic E-state index is 0.0451. The minimum atomic E-state index is -0.429. The van der Waals surface area contributed by atoms with E-state index in [-0.39, 0.29) is 11.6 Å². The highest BCUT2D eigenvalue weighted by Crippen LogP contribution is 2.37. The smallest absolute Gasteiger partial charge is 0.269 e. The fourth-order valence-electron chi connectivity index (χ4n) is 3.62. The fraction of sp³-hybridized carbons (Fsp3) is 0.115. The molecule has 0 aromatic heterocycles. The molecule has 1 heterocycles. The van der Waals surface area contributed by atoms with Gasteiger partial charge >= 0.3 is 0 Å². The number of nitrogens with zero attached hydrogens (tertiary/aromatic N) is 2. The maximum atomic E-state index is 13.3. The lowest BCUT2D eigenvalue weighted by atomic mass is 10.1. The van der Waals surface area contributed by atoms with E-state index in [4.69, 9.17) is 4.74 Å². The number of nitro groups is 1. The first-order valence-corrected chi connectivity index (χ1v) is 11.5. The van der Waals surface area contributed by atoms with E-state index < -0.39 is 4.92 Å². The van der Waals surface area contributed by atoms with Crippen molar-refractivity contribution in [2.24, 2.45) is 0 Å². The van der Waals surface area contributed by atoms with Crippen molar-refractivity contribution in [3.05, 3.63) is 112 Å². The summed E-state index contributed by atoms with van der Waals surface area (Å²) in [4.78, 5) is 25.4. The Balaban J connectivity index is 1.53. The predicted octanol–water partition coefficient (Wildman–Crippen LogP) is 6.01. The monoisotopic (exact) mass is 504 g/mol. The molecule has 1 amide bonds. The molecule has 0 saturated carbocycles. The van der Waals surface area contributed by atoms with Crippen LogP contribution in [0.15, 0.2) is 84.9 Å². The van der Waals surface area contributed by atoms with Gasteiger partial charge in [-0.1, -0.05) is 58.4 Å². The Morgan fingerprint density at radius 2 is 1.73 bits per heavy atom. The van der Waals surface area contributed by atoms with Gasteiger partial charge < -0.3 is 9.64 Å². The predicted molar refractivity (Wildman–Crippen MR) is 133 cm³/mol. The van der Waals surface area contributed by atoms with Crippen LogP contribution in [-0.2, 0) is 11.3 Å². The van der Waals surface area contributed by atoms with Crippen LogP contribution in [0.3, 0.4) is 0 Å². The first kappa shape index (κ1) is 22.5. The van der Waals surface area contributed by atoms with Crippen LogP contribution in [0.25, 0.3) is 11.6 Å². The van der Waals surface area contributed by atoms with E-state index in [1.807, 2.05) is 54.6 Å². The molecule has 166 valence electrons. The zero-order valence-corrected chi connectivity index (χ0v) is 19.3. The van der Waals surface area contributed by atoms with Crippen molar-refractivity contribution >= 4 is 44.9 Å². The third kappa shape index (κ3) is 5.21. The molecule has 1 aliphatic heterocycles. The molecule has 3 aromatic carbocycles. The lowest BCUT2D eigenvalue weighted by molar-refractivity contribution is -0.384. The zero-order valence-electron chi connectivity index (χ0n) is 17.7. The highest BCUT2D eigenvalue weighted by atomic mass is 79.9. The van der Waals surface area contributed by atoms with Gasteiger partial charge in [-0.05, 0) is 47.5 Å². The number of amides is 1. The van der Waals surface area contributed by atoms with Gasteiger partial charge in [-0.3, -0.25) is 14.9 Å². The van der Waals surface area contributed by atoms with E-state index in [2.05, 4.69) is 15.9 Å². The number of carbonyl (C=O) groups is 1. The molecular formula is C26H21BrN2O4. The fourth-order valence-corrected chi connectivity index (χ4v) is 3.78. The number of alkyl halides is 1. The number of fused-ring (bicyclic) bond motifs is 1. The Hall–Kier alpha value is -3.71. The third-order valence-electron chi connectivity index (χ3n) is 5.23. The van der Waals surface area contributed by atoms with E-state index in [9.17, 15) is 14.9 Å². The number of halogens is 1. The van der Waals surface area contributed by atoms with Crippen molar-refractivity contribution in [1.82, 2.24) is 0 Å². The number of para-hydroxylation sites is 1. The van der Waals surface area contributed by atoms with Gasteiger partial charge in [-0.15, -0.1) is 0 Å². The average molecular weight is 505 g/mol. The molecule has 4 rings (SSSR count). The Morgan fingerprint density at radius 3 is 2.42 bits per heavy atom. The summed E-state index contributed by atoms with van der Waals surface area (Å²) in [6.07, 6.45) is 5.41. The molecule has 0 fully saturated rings. The lowest BCUT2D eigenvalue weighted by Crippen LogP contribution is -2.25. The van der Waals surface area contributed by atoms with Crippen LogP contribution in [0, 0.1) is 10.1 Å². The van der Waals surface area contributed by atoms with E-state index in [0.29, 0.717) is 18.7 Å². The van der Waals surface area contributed by atoms with Gasteiger partial charge in [0.25, 0.3) is 11.6 Å². The van der Waals surface area contributed by atoms with Crippen molar-refractivity contribution in [2.75, 3.05) is 16.8 Å². The normalized spacial score (nSPS) is 14.2. The molecule has 7 heteroatoms. The van der Waals surface area contributed by atoms with E-state index in [0.717, 1.165) is 33.5 Å². The van der Waals surface area contributed by atoms with Crippen LogP contribution in [0.1, 0.15) is 16.7 Å². The Labute approximate surface area is 200 Å². The van der Waals surface area contributed by atoms with Crippen molar-refractivity contribution in [2.45, 2.75) is 6.54 Å². The molecule has 0 atom stereocenters. The number of rotatable bonds is 8. The average Bonchev–Trinajstić information content (AvgIpc) is 3.10. The van der Waals surface area contributed by atoms with Gasteiger partial charge in [-0.2, -0.15) is 0 Å². The minimum Gasteiger partial charge on any atom is -0.493 e. The molecule has 0 N–H and O–H groups in total. The molecule has 3 aromatic rings. The number of ether oxygens (including phenoxy) is 1. The van der Waals surface area contributed by atoms with Crippen LogP contribution in [0.2, 0.25) is 0 Å². The summed E-state index contributed by atoms with van der Waals surface area (Å²) in [5.74, 6) is 0.729. The van der Waals surface area contributed by atoms with Gasteiger partial charge in [0.05, 0.1) is 23.8 Å². The Morgan fingerprint density at radius 1 is 1.00 bits per heavy atom. The number of non-ortho nitro benzene ring substituents is 1. The number of hydrogen-bond donors (Lipinski definition) is 0. The van der Waals surface area contributed by atoms with Gasteiger partial charge in [0.2, 0.25) is 0 Å². The maximum absolute atomic E-state index is 13.3. The molecule has 0 unspecified atom stereocenters. The quantitative estimate of drug-likeness (QED) is 0.163. The Kier molecular flexibility index (Phi) is 7.00. The second-order valence-electron chi connectivity index (χ2n) is 7.38. The zero-order chi connectivity index (χ0) is 23.2. The van der Waals surface area contributed by atoms with Gasteiger partial charge in [0.15, 0.2) is 0 Å². The van der Waals surface area contributed by atoms with Crippen LogP contribution in [0.5, 0.6) is 5.75 Å². The summed E-state index contributed by atoms with van der Waals surface area (Å²) in [5.41, 5.74) is 4.23. The highest BCUT2D eigenvalue weighted by molar-refractivity contribution is 9.09. The summed E-state index contributed by atoms with van der Waals surface area (Å²) in [7, 11) is 0. The Bertz CT molecular complexity index is 1220. The maximum Gasteiger partial charge on any atom is 0.269 e. The van der Waals surface area contributed by atoms with Crippen LogP contribution >= 0.6 is 15.9 Å². The van der Waals surface area contributed by atoms with Crippen molar-refractivity contribution in [3.8, 4) is 5.75 Å². The largest absolute Gasteiger partial charge is 0.493 e. The third-order valence-corrected chi connectivity index (χ3v) is 5.55. The van der Waals surface area contributed by atoms with Gasteiger partial charge in [0, 0.05) is 28.6 Å². The second-order valence-corrected chi connectivity index (χ2v) is 8.17. The summed E-state index contributed by atoms with van der Waals surface area (Å²) >= 11 is 3.34. The van der Waals surface area contributed by atoms with Crippen LogP contribution in [-0.4, -0.2) is 22.8 Å². The SMILES string of the molecule is O=C1/C(=C/C=C/c2ccc([N+](=O)[O-])cc2)c2ccccc2N1Cc1ccc(OCCBr)cc1. The summed E-state index contributed by atoms with van der Waals surface area (Å²) in [6.45, 7) is 1.05. The molecule has 0 spiro atoms. The summed E-state index contributed by atoms with van der Waals surface area (Å²) in [5, 5.41) is 11.6. The lowest BCUT2D eigenvalue weighted by Gasteiger charge is -2.17. The van der Waals surface area contributed by atoms with Gasteiger partial charge in [0.1, 0.15) is 5.75 Å². The second kappa shape index (κ2) is 10.3. The number of nitro benzene ring substituents is 1. The number of allylic oxidation sites excluding steroid dienone is 2. The van der Waals surface area contributed by atoms with Crippen molar-refractivity contribution in [1.29, 1.82) is 0 Å². The first-order valence-electron chi connectivity index (χ1n) is 10.4. The number of carbonyl (C=O) groups excluding carboxylic acids is 1.